The van der Waals surface area contributed by atoms with Crippen molar-refractivity contribution in [3.63, 3.8) is 0 Å². The molecule has 0 aromatic heterocycles. The van der Waals surface area contributed by atoms with Gasteiger partial charge < -0.3 is 9.80 Å². The highest BCUT2D eigenvalue weighted by molar-refractivity contribution is 6.31. The molecule has 0 unspecified atom stereocenters. The fourth-order valence-electron chi connectivity index (χ4n) is 3.01. The van der Waals surface area contributed by atoms with Crippen molar-refractivity contribution < 1.29 is 14.4 Å². The van der Waals surface area contributed by atoms with Crippen molar-refractivity contribution in [1.82, 2.24) is 9.80 Å². The Bertz CT molecular complexity index is 718. The van der Waals surface area contributed by atoms with Gasteiger partial charge in [-0.1, -0.05) is 17.7 Å². The van der Waals surface area contributed by atoms with Crippen LogP contribution in [-0.4, -0.2) is 53.8 Å². The molecule has 1 heterocycles. The number of benzene rings is 1. The van der Waals surface area contributed by atoms with E-state index in [1.165, 1.54) is 4.90 Å². The maximum absolute atomic E-state index is 12.6. The van der Waals surface area contributed by atoms with Gasteiger partial charge in [-0.25, -0.2) is 0 Å². The zero-order chi connectivity index (χ0) is 18.1. The van der Waals surface area contributed by atoms with Crippen molar-refractivity contribution in [2.75, 3.05) is 31.2 Å². The van der Waals surface area contributed by atoms with Gasteiger partial charge in [-0.05, 0) is 44.4 Å². The molecule has 0 spiro atoms. The second-order valence-corrected chi connectivity index (χ2v) is 6.97. The minimum Gasteiger partial charge on any atom is -0.333 e. The molecule has 0 radical (unpaired) electrons. The molecule has 0 atom stereocenters. The van der Waals surface area contributed by atoms with Gasteiger partial charge in [0.2, 0.25) is 17.7 Å². The van der Waals surface area contributed by atoms with Crippen LogP contribution in [0, 0.1) is 12.8 Å². The van der Waals surface area contributed by atoms with E-state index in [4.69, 9.17) is 11.6 Å². The van der Waals surface area contributed by atoms with Crippen LogP contribution in [0.2, 0.25) is 5.02 Å². The molecule has 1 aromatic carbocycles. The van der Waals surface area contributed by atoms with Gasteiger partial charge in [0.1, 0.15) is 13.2 Å². The molecule has 3 rings (SSSR count). The minimum atomic E-state index is -0.202. The Hall–Kier alpha value is -2.08. The Morgan fingerprint density at radius 2 is 2.04 bits per heavy atom. The molecule has 0 N–H and O–H groups in total. The molecule has 134 valence electrons. The quantitative estimate of drug-likeness (QED) is 0.804. The van der Waals surface area contributed by atoms with Crippen molar-refractivity contribution in [3.8, 4) is 0 Å². The van der Waals surface area contributed by atoms with Crippen molar-refractivity contribution in [3.05, 3.63) is 28.8 Å². The molecular weight excluding hydrogens is 342 g/mol. The summed E-state index contributed by atoms with van der Waals surface area (Å²) in [5, 5.41) is 0.585. The van der Waals surface area contributed by atoms with Gasteiger partial charge in [-0.3, -0.25) is 19.3 Å². The lowest BCUT2D eigenvalue weighted by molar-refractivity contribution is -0.140. The maximum Gasteiger partial charge on any atom is 0.248 e. The first-order valence-corrected chi connectivity index (χ1v) is 8.92. The summed E-state index contributed by atoms with van der Waals surface area (Å²) in [7, 11) is 0. The number of nitrogens with zero attached hydrogens (tertiary/aromatic N) is 3. The first kappa shape index (κ1) is 17.7. The molecule has 1 saturated heterocycles. The van der Waals surface area contributed by atoms with Crippen LogP contribution in [0.15, 0.2) is 18.2 Å². The molecule has 3 amide bonds. The average molecular weight is 364 g/mol. The monoisotopic (exact) mass is 363 g/mol. The van der Waals surface area contributed by atoms with E-state index < -0.39 is 0 Å². The number of carbonyl (C=O) groups excluding carboxylic acids is 3. The molecule has 2 fully saturated rings. The predicted molar refractivity (Wildman–Crippen MR) is 95.2 cm³/mol. The van der Waals surface area contributed by atoms with Crippen LogP contribution in [0.4, 0.5) is 5.69 Å². The summed E-state index contributed by atoms with van der Waals surface area (Å²) in [4.78, 5) is 41.8. The summed E-state index contributed by atoms with van der Waals surface area (Å²) in [6.45, 7) is 4.46. The first-order chi connectivity index (χ1) is 11.9. The van der Waals surface area contributed by atoms with Crippen LogP contribution >= 0.6 is 11.6 Å². The van der Waals surface area contributed by atoms with Crippen LogP contribution in [-0.2, 0) is 14.4 Å². The summed E-state index contributed by atoms with van der Waals surface area (Å²) >= 11 is 6.13. The summed E-state index contributed by atoms with van der Waals surface area (Å²) in [5.41, 5.74) is 1.53. The number of hydrogen-bond acceptors (Lipinski definition) is 3. The topological polar surface area (TPSA) is 60.9 Å². The molecule has 1 aliphatic carbocycles. The van der Waals surface area contributed by atoms with Crippen LogP contribution in [0.25, 0.3) is 0 Å². The second-order valence-electron chi connectivity index (χ2n) is 6.57. The molecule has 0 bridgehead atoms. The molecule has 2 aliphatic rings. The molecule has 7 heteroatoms. The second kappa shape index (κ2) is 7.04. The number of likely N-dealkylation sites (N-methyl/N-ethyl adjacent to an activating group) is 1. The van der Waals surface area contributed by atoms with E-state index in [1.807, 2.05) is 19.9 Å². The third-order valence-corrected chi connectivity index (χ3v) is 5.18. The van der Waals surface area contributed by atoms with Gasteiger partial charge in [0.15, 0.2) is 0 Å². The summed E-state index contributed by atoms with van der Waals surface area (Å²) in [6.07, 6.45) is 1.82. The number of carbonyl (C=O) groups is 3. The SMILES string of the molecule is CCN(CC(=O)N1CC(=O)N(c2cccc(Cl)c2C)C1)C(=O)C1CC1. The number of amides is 3. The summed E-state index contributed by atoms with van der Waals surface area (Å²) < 4.78 is 0. The Morgan fingerprint density at radius 1 is 1.32 bits per heavy atom. The minimum absolute atomic E-state index is 0.0277. The van der Waals surface area contributed by atoms with E-state index in [9.17, 15) is 14.4 Å². The highest BCUT2D eigenvalue weighted by atomic mass is 35.5. The Morgan fingerprint density at radius 3 is 2.68 bits per heavy atom. The summed E-state index contributed by atoms with van der Waals surface area (Å²) in [5.74, 6) is -0.218. The van der Waals surface area contributed by atoms with Crippen molar-refractivity contribution in [2.45, 2.75) is 26.7 Å². The number of rotatable bonds is 5. The van der Waals surface area contributed by atoms with E-state index in [0.29, 0.717) is 17.3 Å². The van der Waals surface area contributed by atoms with Gasteiger partial charge in [-0.2, -0.15) is 0 Å². The van der Waals surface area contributed by atoms with E-state index in [0.717, 1.165) is 18.4 Å². The van der Waals surface area contributed by atoms with Crippen molar-refractivity contribution >= 4 is 35.0 Å². The van der Waals surface area contributed by atoms with E-state index in [1.54, 1.807) is 21.9 Å². The maximum atomic E-state index is 12.6. The lowest BCUT2D eigenvalue weighted by atomic mass is 10.2. The fourth-order valence-corrected chi connectivity index (χ4v) is 3.18. The zero-order valence-corrected chi connectivity index (χ0v) is 15.3. The van der Waals surface area contributed by atoms with Gasteiger partial charge in [-0.15, -0.1) is 0 Å². The highest BCUT2D eigenvalue weighted by Gasteiger charge is 2.36. The van der Waals surface area contributed by atoms with Gasteiger partial charge >= 0.3 is 0 Å². The van der Waals surface area contributed by atoms with E-state index in [-0.39, 0.29) is 43.4 Å². The zero-order valence-electron chi connectivity index (χ0n) is 14.5. The molecule has 1 saturated carbocycles. The number of hydrogen-bond donors (Lipinski definition) is 0. The normalized spacial score (nSPS) is 17.2. The molecule has 1 aliphatic heterocycles. The lowest BCUT2D eigenvalue weighted by Crippen LogP contribution is -2.43. The fraction of sp³-hybridized carbons (Fsp3) is 0.500. The van der Waals surface area contributed by atoms with Gasteiger partial charge in [0, 0.05) is 23.2 Å². The highest BCUT2D eigenvalue weighted by Crippen LogP contribution is 2.31. The predicted octanol–water partition coefficient (Wildman–Crippen LogP) is 2.04. The van der Waals surface area contributed by atoms with Gasteiger partial charge in [0.25, 0.3) is 0 Å². The van der Waals surface area contributed by atoms with Crippen LogP contribution in [0.5, 0.6) is 0 Å². The lowest BCUT2D eigenvalue weighted by Gasteiger charge is -2.24. The summed E-state index contributed by atoms with van der Waals surface area (Å²) in [6, 6.07) is 5.38. The van der Waals surface area contributed by atoms with E-state index in [2.05, 4.69) is 0 Å². The van der Waals surface area contributed by atoms with Gasteiger partial charge in [0.05, 0.1) is 6.54 Å². The van der Waals surface area contributed by atoms with Crippen LogP contribution in [0.1, 0.15) is 25.3 Å². The smallest absolute Gasteiger partial charge is 0.248 e. The van der Waals surface area contributed by atoms with Crippen LogP contribution < -0.4 is 4.90 Å². The molecule has 25 heavy (non-hydrogen) atoms. The standard InChI is InChI=1S/C18H22ClN3O3/c1-3-20(18(25)13-7-8-13)9-16(23)21-10-17(24)22(11-21)15-6-4-5-14(19)12(15)2/h4-6,13H,3,7-11H2,1-2H3. The Kier molecular flexibility index (Phi) is 4.99. The Labute approximate surface area is 152 Å². The van der Waals surface area contributed by atoms with Crippen LogP contribution in [0.3, 0.4) is 0 Å². The molecule has 1 aromatic rings. The average Bonchev–Trinajstić information content (AvgIpc) is 3.37. The number of anilines is 1. The Balaban J connectivity index is 1.68. The third kappa shape index (κ3) is 3.63. The largest absolute Gasteiger partial charge is 0.333 e. The molecular formula is C18H22ClN3O3. The van der Waals surface area contributed by atoms with Crippen molar-refractivity contribution in [1.29, 1.82) is 0 Å². The van der Waals surface area contributed by atoms with Crippen molar-refractivity contribution in [2.24, 2.45) is 5.92 Å². The number of halogens is 1. The first-order valence-electron chi connectivity index (χ1n) is 8.54. The van der Waals surface area contributed by atoms with E-state index >= 15 is 0 Å². The molecule has 6 nitrogen and oxygen atoms in total. The third-order valence-electron chi connectivity index (χ3n) is 4.77.